The lowest BCUT2D eigenvalue weighted by atomic mass is 10.00. The van der Waals surface area contributed by atoms with Crippen LogP contribution < -0.4 is 5.56 Å². The highest BCUT2D eigenvalue weighted by atomic mass is 32.2. The van der Waals surface area contributed by atoms with Crippen LogP contribution >= 0.6 is 11.8 Å². The zero-order valence-corrected chi connectivity index (χ0v) is 12.4. The van der Waals surface area contributed by atoms with Crippen molar-refractivity contribution in [2.24, 2.45) is 0 Å². The normalized spacial score (nSPS) is 26.2. The SMILES string of the molecule is CSc1ncc2ccc(=O)n(C3CCCC3(C)O)c2n1. The van der Waals surface area contributed by atoms with Gasteiger partial charge in [0.1, 0.15) is 5.65 Å². The van der Waals surface area contributed by atoms with Crippen LogP contribution in [0.4, 0.5) is 0 Å². The number of thioether (sulfide) groups is 1. The Labute approximate surface area is 121 Å². The highest BCUT2D eigenvalue weighted by Gasteiger charge is 2.39. The van der Waals surface area contributed by atoms with Gasteiger partial charge < -0.3 is 5.11 Å². The number of nitrogens with zero attached hydrogens (tertiary/aromatic N) is 3. The molecule has 2 atom stereocenters. The smallest absolute Gasteiger partial charge is 0.252 e. The van der Waals surface area contributed by atoms with Crippen LogP contribution in [-0.2, 0) is 0 Å². The number of hydrogen-bond acceptors (Lipinski definition) is 5. The maximum atomic E-state index is 12.3. The summed E-state index contributed by atoms with van der Waals surface area (Å²) in [7, 11) is 0. The highest BCUT2D eigenvalue weighted by molar-refractivity contribution is 7.98. The maximum absolute atomic E-state index is 12.3. The van der Waals surface area contributed by atoms with Crippen LogP contribution in [0, 0.1) is 0 Å². The van der Waals surface area contributed by atoms with Crippen molar-refractivity contribution in [3.8, 4) is 0 Å². The molecule has 1 aliphatic carbocycles. The number of aromatic nitrogens is 3. The van der Waals surface area contributed by atoms with Gasteiger partial charge in [0.05, 0.1) is 11.6 Å². The van der Waals surface area contributed by atoms with Gasteiger partial charge in [-0.2, -0.15) is 0 Å². The van der Waals surface area contributed by atoms with Gasteiger partial charge >= 0.3 is 0 Å². The third kappa shape index (κ3) is 2.13. The first-order chi connectivity index (χ1) is 9.53. The zero-order valence-electron chi connectivity index (χ0n) is 11.5. The molecule has 1 fully saturated rings. The monoisotopic (exact) mass is 291 g/mol. The lowest BCUT2D eigenvalue weighted by Gasteiger charge is -2.28. The molecule has 20 heavy (non-hydrogen) atoms. The Morgan fingerprint density at radius 3 is 2.95 bits per heavy atom. The molecule has 0 aromatic carbocycles. The van der Waals surface area contributed by atoms with Crippen molar-refractivity contribution < 1.29 is 5.11 Å². The second kappa shape index (κ2) is 4.86. The second-order valence-corrected chi connectivity index (χ2v) is 6.22. The summed E-state index contributed by atoms with van der Waals surface area (Å²) in [6.45, 7) is 1.80. The van der Waals surface area contributed by atoms with E-state index in [1.54, 1.807) is 23.8 Å². The molecular formula is C14H17N3O2S. The summed E-state index contributed by atoms with van der Waals surface area (Å²) < 4.78 is 1.64. The summed E-state index contributed by atoms with van der Waals surface area (Å²) in [6.07, 6.45) is 6.05. The van der Waals surface area contributed by atoms with Crippen molar-refractivity contribution in [2.45, 2.75) is 43.0 Å². The lowest BCUT2D eigenvalue weighted by molar-refractivity contribution is 0.0266. The van der Waals surface area contributed by atoms with Crippen molar-refractivity contribution in [1.29, 1.82) is 0 Å². The minimum absolute atomic E-state index is 0.115. The summed E-state index contributed by atoms with van der Waals surface area (Å²) in [5.74, 6) is 0. The molecule has 0 saturated heterocycles. The molecule has 0 spiro atoms. The molecule has 1 N–H and O–H groups in total. The summed E-state index contributed by atoms with van der Waals surface area (Å²) in [5.41, 5.74) is -0.359. The Kier molecular flexibility index (Phi) is 3.30. The number of rotatable bonds is 2. The van der Waals surface area contributed by atoms with E-state index < -0.39 is 5.60 Å². The van der Waals surface area contributed by atoms with Gasteiger partial charge in [-0.15, -0.1) is 0 Å². The van der Waals surface area contributed by atoms with Crippen LogP contribution in [0.2, 0.25) is 0 Å². The van der Waals surface area contributed by atoms with Crippen molar-refractivity contribution >= 4 is 22.8 Å². The van der Waals surface area contributed by atoms with Gasteiger partial charge in [0, 0.05) is 17.6 Å². The molecular weight excluding hydrogens is 274 g/mol. The standard InChI is InChI=1S/C14H17N3O2S/c1-14(19)7-3-4-10(14)17-11(18)6-5-9-8-15-13(20-2)16-12(9)17/h5-6,8,10,19H,3-4,7H2,1-2H3. The van der Waals surface area contributed by atoms with Gasteiger partial charge in [-0.3, -0.25) is 9.36 Å². The molecule has 2 heterocycles. The van der Waals surface area contributed by atoms with Crippen molar-refractivity contribution in [1.82, 2.24) is 14.5 Å². The minimum Gasteiger partial charge on any atom is -0.388 e. The molecule has 0 aliphatic heterocycles. The molecule has 0 bridgehead atoms. The van der Waals surface area contributed by atoms with E-state index in [1.807, 2.05) is 6.26 Å². The Bertz CT molecular complexity index is 711. The maximum Gasteiger partial charge on any atom is 0.252 e. The minimum atomic E-state index is -0.859. The third-order valence-electron chi connectivity index (χ3n) is 4.02. The van der Waals surface area contributed by atoms with Crippen molar-refractivity contribution in [3.63, 3.8) is 0 Å². The van der Waals surface area contributed by atoms with Crippen LogP contribution in [0.5, 0.6) is 0 Å². The Hall–Kier alpha value is -1.40. The van der Waals surface area contributed by atoms with E-state index in [1.165, 1.54) is 17.8 Å². The molecule has 6 heteroatoms. The molecule has 2 unspecified atom stereocenters. The molecule has 0 radical (unpaired) electrons. The van der Waals surface area contributed by atoms with E-state index in [0.29, 0.717) is 17.2 Å². The van der Waals surface area contributed by atoms with Gasteiger partial charge in [0.25, 0.3) is 5.56 Å². The van der Waals surface area contributed by atoms with Crippen LogP contribution in [0.25, 0.3) is 11.0 Å². The summed E-state index contributed by atoms with van der Waals surface area (Å²) in [4.78, 5) is 21.0. The Morgan fingerprint density at radius 2 is 2.30 bits per heavy atom. The van der Waals surface area contributed by atoms with Crippen molar-refractivity contribution in [2.75, 3.05) is 6.26 Å². The zero-order chi connectivity index (χ0) is 14.3. The molecule has 1 saturated carbocycles. The molecule has 2 aromatic heterocycles. The van der Waals surface area contributed by atoms with E-state index in [9.17, 15) is 9.90 Å². The van der Waals surface area contributed by atoms with Gasteiger partial charge in [-0.05, 0) is 38.5 Å². The molecule has 5 nitrogen and oxygen atoms in total. The predicted octanol–water partition coefficient (Wildman–Crippen LogP) is 1.99. The molecule has 2 aromatic rings. The second-order valence-electron chi connectivity index (χ2n) is 5.44. The highest BCUT2D eigenvalue weighted by Crippen LogP contribution is 2.39. The molecule has 3 rings (SSSR count). The summed E-state index contributed by atoms with van der Waals surface area (Å²) in [5, 5.41) is 12.0. The third-order valence-corrected chi connectivity index (χ3v) is 4.58. The van der Waals surface area contributed by atoms with Crippen LogP contribution in [0.15, 0.2) is 28.3 Å². The Balaban J connectivity index is 2.28. The Morgan fingerprint density at radius 1 is 1.50 bits per heavy atom. The van der Waals surface area contributed by atoms with Crippen LogP contribution in [-0.4, -0.2) is 31.5 Å². The number of fused-ring (bicyclic) bond motifs is 1. The molecule has 0 amide bonds. The van der Waals surface area contributed by atoms with E-state index >= 15 is 0 Å². The fourth-order valence-electron chi connectivity index (χ4n) is 2.96. The average Bonchev–Trinajstić information content (AvgIpc) is 2.77. The fourth-order valence-corrected chi connectivity index (χ4v) is 3.30. The largest absolute Gasteiger partial charge is 0.388 e. The quantitative estimate of drug-likeness (QED) is 0.677. The topological polar surface area (TPSA) is 68.0 Å². The molecule has 106 valence electrons. The van der Waals surface area contributed by atoms with E-state index in [-0.39, 0.29) is 11.6 Å². The van der Waals surface area contributed by atoms with Crippen LogP contribution in [0.3, 0.4) is 0 Å². The first-order valence-electron chi connectivity index (χ1n) is 6.67. The first kappa shape index (κ1) is 13.6. The summed E-state index contributed by atoms with van der Waals surface area (Å²) >= 11 is 1.44. The summed E-state index contributed by atoms with van der Waals surface area (Å²) in [6, 6.07) is 3.05. The molecule has 1 aliphatic rings. The van der Waals surface area contributed by atoms with Gasteiger partial charge in [0.15, 0.2) is 5.16 Å². The lowest BCUT2D eigenvalue weighted by Crippen LogP contribution is -2.37. The number of aliphatic hydroxyl groups is 1. The number of hydrogen-bond donors (Lipinski definition) is 1. The van der Waals surface area contributed by atoms with Crippen LogP contribution in [0.1, 0.15) is 32.2 Å². The first-order valence-corrected chi connectivity index (χ1v) is 7.90. The van der Waals surface area contributed by atoms with E-state index in [2.05, 4.69) is 9.97 Å². The average molecular weight is 291 g/mol. The van der Waals surface area contributed by atoms with E-state index in [0.717, 1.165) is 18.2 Å². The van der Waals surface area contributed by atoms with Gasteiger partial charge in [-0.25, -0.2) is 9.97 Å². The van der Waals surface area contributed by atoms with Gasteiger partial charge in [-0.1, -0.05) is 11.8 Å². The van der Waals surface area contributed by atoms with Gasteiger partial charge in [0.2, 0.25) is 0 Å². The fraction of sp³-hybridized carbons (Fsp3) is 0.500. The number of pyridine rings is 1. The van der Waals surface area contributed by atoms with E-state index in [4.69, 9.17) is 0 Å². The van der Waals surface area contributed by atoms with Crippen molar-refractivity contribution in [3.05, 3.63) is 28.7 Å². The predicted molar refractivity (Wildman–Crippen MR) is 79.1 cm³/mol.